The van der Waals surface area contributed by atoms with Crippen LogP contribution < -0.4 is 5.32 Å². The summed E-state index contributed by atoms with van der Waals surface area (Å²) >= 11 is 7.43. The van der Waals surface area contributed by atoms with Crippen LogP contribution in [0.2, 0.25) is 5.02 Å². The van der Waals surface area contributed by atoms with Crippen LogP contribution in [-0.2, 0) is 42.8 Å². The smallest absolute Gasteiger partial charge is 0.252 e. The van der Waals surface area contributed by atoms with Crippen LogP contribution in [0.4, 0.5) is 0 Å². The van der Waals surface area contributed by atoms with E-state index in [4.69, 9.17) is 11.6 Å². The number of hydrogen-bond donors (Lipinski definition) is 1. The van der Waals surface area contributed by atoms with E-state index in [0.717, 1.165) is 86.7 Å². The Morgan fingerprint density at radius 3 is 2.68 bits per heavy atom. The van der Waals surface area contributed by atoms with Crippen molar-refractivity contribution in [2.45, 2.75) is 44.7 Å². The summed E-state index contributed by atoms with van der Waals surface area (Å²) in [5.74, 6) is -0.0634. The Bertz CT molecular complexity index is 2100. The van der Waals surface area contributed by atoms with Crippen LogP contribution in [0.5, 0.6) is 0 Å². The third-order valence-corrected chi connectivity index (χ3v) is 10.9. The maximum Gasteiger partial charge on any atom is 0.252 e. The van der Waals surface area contributed by atoms with Gasteiger partial charge in [-0.05, 0) is 48.1 Å². The van der Waals surface area contributed by atoms with Crippen molar-refractivity contribution in [1.29, 1.82) is 0 Å². The molecule has 1 N–H and O–H groups in total. The standard InChI is InChI=1S/C30H27ClN4O4S2/c1-14(2)11-35-21-8-5-15(28(36)29-26(31)22(13-40-29)41(4,38)39)9-17(21)24-18-10-32-30(37)25(18)23-16(27(24)35)6-7-20-19(23)12-34(3)33-20/h5,8-9,12-14H,6-7,10-11H2,1-4H3,(H,32,37). The molecule has 41 heavy (non-hydrogen) atoms. The van der Waals surface area contributed by atoms with Gasteiger partial charge in [0.15, 0.2) is 9.84 Å². The average molecular weight is 607 g/mol. The first-order valence-corrected chi connectivity index (χ1v) is 16.6. The Hall–Kier alpha value is -3.47. The summed E-state index contributed by atoms with van der Waals surface area (Å²) in [4.78, 5) is 27.2. The van der Waals surface area contributed by atoms with Gasteiger partial charge in [-0.25, -0.2) is 8.42 Å². The molecule has 0 fully saturated rings. The number of benzene rings is 2. The molecule has 11 heteroatoms. The number of sulfone groups is 1. The first kappa shape index (κ1) is 26.4. The molecule has 7 rings (SSSR count). The molecule has 3 aromatic heterocycles. The molecular weight excluding hydrogens is 580 g/mol. The fraction of sp³-hybridized carbons (Fsp3) is 0.300. The van der Waals surface area contributed by atoms with Crippen molar-refractivity contribution in [3.8, 4) is 11.1 Å². The first-order chi connectivity index (χ1) is 19.5. The molecule has 0 radical (unpaired) electrons. The number of rotatable bonds is 5. The highest BCUT2D eigenvalue weighted by atomic mass is 35.5. The van der Waals surface area contributed by atoms with Crippen LogP contribution in [-0.4, -0.2) is 40.7 Å². The fourth-order valence-electron chi connectivity index (χ4n) is 6.47. The largest absolute Gasteiger partial charge is 0.348 e. The van der Waals surface area contributed by atoms with Gasteiger partial charge in [-0.2, -0.15) is 5.10 Å². The normalized spacial score (nSPS) is 14.5. The van der Waals surface area contributed by atoms with Crippen LogP contribution in [0.25, 0.3) is 32.9 Å². The first-order valence-electron chi connectivity index (χ1n) is 13.4. The van der Waals surface area contributed by atoms with Gasteiger partial charge in [0.2, 0.25) is 5.78 Å². The van der Waals surface area contributed by atoms with Crippen molar-refractivity contribution < 1.29 is 18.0 Å². The Balaban J connectivity index is 1.54. The quantitative estimate of drug-likeness (QED) is 0.265. The lowest BCUT2D eigenvalue weighted by Crippen LogP contribution is -2.15. The van der Waals surface area contributed by atoms with Crippen molar-refractivity contribution >= 4 is 66.3 Å². The number of nitrogens with zero attached hydrogens (tertiary/aromatic N) is 3. The molecule has 0 atom stereocenters. The second-order valence-electron chi connectivity index (χ2n) is 11.4. The molecule has 8 nitrogen and oxygen atoms in total. The second kappa shape index (κ2) is 9.01. The second-order valence-corrected chi connectivity index (χ2v) is 14.6. The van der Waals surface area contributed by atoms with Crippen LogP contribution in [0.1, 0.15) is 56.3 Å². The van der Waals surface area contributed by atoms with Gasteiger partial charge in [0.25, 0.3) is 5.91 Å². The zero-order chi connectivity index (χ0) is 29.0. The number of hydrogen-bond acceptors (Lipinski definition) is 6. The summed E-state index contributed by atoms with van der Waals surface area (Å²) in [7, 11) is -1.66. The lowest BCUT2D eigenvalue weighted by molar-refractivity contribution is 0.0965. The van der Waals surface area contributed by atoms with E-state index in [9.17, 15) is 18.0 Å². The molecule has 1 aliphatic carbocycles. The number of halogens is 1. The van der Waals surface area contributed by atoms with Crippen LogP contribution >= 0.6 is 22.9 Å². The Morgan fingerprint density at radius 1 is 1.20 bits per heavy atom. The maximum atomic E-state index is 13.7. The van der Waals surface area contributed by atoms with Crippen molar-refractivity contribution in [3.63, 3.8) is 0 Å². The molecule has 5 aromatic rings. The predicted molar refractivity (Wildman–Crippen MR) is 161 cm³/mol. The molecule has 0 saturated heterocycles. The van der Waals surface area contributed by atoms with Gasteiger partial charge in [-0.15, -0.1) is 11.3 Å². The average Bonchev–Trinajstić information content (AvgIpc) is 3.66. The summed E-state index contributed by atoms with van der Waals surface area (Å²) in [6.07, 6.45) is 4.63. The number of fused-ring (bicyclic) bond motifs is 10. The highest BCUT2D eigenvalue weighted by Crippen LogP contribution is 2.47. The third-order valence-electron chi connectivity index (χ3n) is 8.06. The molecule has 2 aliphatic rings. The number of ketones is 1. The lowest BCUT2D eigenvalue weighted by atomic mass is 9.82. The van der Waals surface area contributed by atoms with Gasteiger partial charge in [0.1, 0.15) is 0 Å². The number of carbonyl (C=O) groups is 2. The van der Waals surface area contributed by atoms with E-state index >= 15 is 0 Å². The van der Waals surface area contributed by atoms with Crippen LogP contribution in [0.15, 0.2) is 34.7 Å². The molecule has 4 heterocycles. The van der Waals surface area contributed by atoms with Crippen LogP contribution in [0, 0.1) is 5.92 Å². The number of thiophene rings is 1. The number of nitrogens with one attached hydrogen (secondary N) is 1. The summed E-state index contributed by atoms with van der Waals surface area (Å²) in [5.41, 5.74) is 8.27. The summed E-state index contributed by atoms with van der Waals surface area (Å²) < 4.78 is 28.4. The van der Waals surface area contributed by atoms with Gasteiger partial charge >= 0.3 is 0 Å². The molecule has 0 spiro atoms. The summed E-state index contributed by atoms with van der Waals surface area (Å²) in [5, 5.41) is 11.0. The molecule has 210 valence electrons. The van der Waals surface area contributed by atoms with Crippen molar-refractivity contribution in [2.75, 3.05) is 6.26 Å². The van der Waals surface area contributed by atoms with Gasteiger partial charge in [-0.3, -0.25) is 14.3 Å². The highest BCUT2D eigenvalue weighted by Gasteiger charge is 2.35. The molecule has 0 saturated carbocycles. The fourth-order valence-corrected chi connectivity index (χ4v) is 9.35. The predicted octanol–water partition coefficient (Wildman–Crippen LogP) is 5.54. The molecule has 1 amide bonds. The van der Waals surface area contributed by atoms with Gasteiger partial charge < -0.3 is 9.88 Å². The van der Waals surface area contributed by atoms with Gasteiger partial charge in [0, 0.05) is 70.9 Å². The SMILES string of the molecule is CC(C)Cn1c2ccc(C(=O)c3scc(S(C)(=O)=O)c3Cl)cc2c2c3c(c4c(c21)CCc1nn(C)cc1-4)C(=O)NC3. The van der Waals surface area contributed by atoms with Crippen molar-refractivity contribution in [3.05, 3.63) is 67.6 Å². The Morgan fingerprint density at radius 2 is 1.98 bits per heavy atom. The monoisotopic (exact) mass is 606 g/mol. The maximum absolute atomic E-state index is 13.7. The molecule has 0 bridgehead atoms. The van der Waals surface area contributed by atoms with E-state index in [1.165, 1.54) is 5.38 Å². The summed E-state index contributed by atoms with van der Waals surface area (Å²) in [6, 6.07) is 5.62. The molecule has 2 aromatic carbocycles. The van der Waals surface area contributed by atoms with Crippen molar-refractivity contribution in [2.24, 2.45) is 13.0 Å². The van der Waals surface area contributed by atoms with Gasteiger partial charge in [-0.1, -0.05) is 25.4 Å². The zero-order valence-electron chi connectivity index (χ0n) is 23.0. The van der Waals surface area contributed by atoms with Crippen molar-refractivity contribution in [1.82, 2.24) is 19.7 Å². The highest BCUT2D eigenvalue weighted by molar-refractivity contribution is 7.91. The number of amides is 1. The number of carbonyl (C=O) groups excluding carboxylic acids is 2. The number of aromatic nitrogens is 3. The minimum absolute atomic E-state index is 0.0362. The minimum atomic E-state index is -3.56. The Kier molecular flexibility index (Phi) is 5.81. The van der Waals surface area contributed by atoms with E-state index < -0.39 is 9.84 Å². The van der Waals surface area contributed by atoms with E-state index in [1.54, 1.807) is 6.07 Å². The van der Waals surface area contributed by atoms with E-state index in [1.807, 2.05) is 30.1 Å². The minimum Gasteiger partial charge on any atom is -0.348 e. The topological polar surface area (TPSA) is 103 Å². The molecule has 0 unspecified atom stereocenters. The summed E-state index contributed by atoms with van der Waals surface area (Å²) in [6.45, 7) is 5.53. The van der Waals surface area contributed by atoms with E-state index in [-0.39, 0.29) is 26.5 Å². The van der Waals surface area contributed by atoms with Gasteiger partial charge in [0.05, 0.1) is 31.6 Å². The Labute approximate surface area is 245 Å². The van der Waals surface area contributed by atoms with Crippen LogP contribution in [0.3, 0.4) is 0 Å². The molecular formula is C30H27ClN4O4S2. The third kappa shape index (κ3) is 3.84. The molecule has 1 aliphatic heterocycles. The van der Waals surface area contributed by atoms with E-state index in [2.05, 4.69) is 28.8 Å². The van der Waals surface area contributed by atoms with E-state index in [0.29, 0.717) is 23.6 Å². The lowest BCUT2D eigenvalue weighted by Gasteiger charge is -2.22. The zero-order valence-corrected chi connectivity index (χ0v) is 25.4. The number of aryl methyl sites for hydroxylation is 3.